The number of carbonyl (C=O) groups excluding carboxylic acids is 2. The van der Waals surface area contributed by atoms with E-state index in [1.165, 1.54) is 18.7 Å². The fourth-order valence-electron chi connectivity index (χ4n) is 2.53. The SMILES string of the molecule is CC(=O)Nc1ccc(NC(=O)c2ccnc(Nc3ccc(C)c(C)c3)n2)cc1. The van der Waals surface area contributed by atoms with Gasteiger partial charge in [0, 0.05) is 30.2 Å². The summed E-state index contributed by atoms with van der Waals surface area (Å²) < 4.78 is 0. The summed E-state index contributed by atoms with van der Waals surface area (Å²) in [6, 6.07) is 14.3. The lowest BCUT2D eigenvalue weighted by molar-refractivity contribution is -0.114. The first-order valence-corrected chi connectivity index (χ1v) is 8.77. The number of carbonyl (C=O) groups is 2. The molecule has 0 atom stereocenters. The minimum absolute atomic E-state index is 0.151. The maximum absolute atomic E-state index is 12.5. The van der Waals surface area contributed by atoms with Crippen molar-refractivity contribution in [3.63, 3.8) is 0 Å². The molecule has 2 amide bonds. The molecular formula is C21H21N5O2. The van der Waals surface area contributed by atoms with Crippen molar-refractivity contribution < 1.29 is 9.59 Å². The van der Waals surface area contributed by atoms with E-state index in [0.29, 0.717) is 17.3 Å². The number of aromatic nitrogens is 2. The summed E-state index contributed by atoms with van der Waals surface area (Å²) >= 11 is 0. The zero-order valence-electron chi connectivity index (χ0n) is 15.9. The highest BCUT2D eigenvalue weighted by Gasteiger charge is 2.10. The lowest BCUT2D eigenvalue weighted by atomic mass is 10.1. The van der Waals surface area contributed by atoms with E-state index < -0.39 is 0 Å². The second-order valence-electron chi connectivity index (χ2n) is 6.40. The first kappa shape index (κ1) is 19.0. The molecule has 0 bridgehead atoms. The third kappa shape index (κ3) is 4.91. The number of hydrogen-bond donors (Lipinski definition) is 3. The first-order chi connectivity index (χ1) is 13.4. The van der Waals surface area contributed by atoms with Crippen LogP contribution >= 0.6 is 0 Å². The minimum Gasteiger partial charge on any atom is -0.326 e. The zero-order valence-corrected chi connectivity index (χ0v) is 15.9. The molecule has 0 aliphatic heterocycles. The average molecular weight is 375 g/mol. The van der Waals surface area contributed by atoms with Crippen molar-refractivity contribution in [2.75, 3.05) is 16.0 Å². The van der Waals surface area contributed by atoms with Crippen molar-refractivity contribution in [2.24, 2.45) is 0 Å². The zero-order chi connectivity index (χ0) is 20.1. The molecule has 7 heteroatoms. The molecule has 3 rings (SSSR count). The number of nitrogens with one attached hydrogen (secondary N) is 3. The predicted molar refractivity (Wildman–Crippen MR) is 110 cm³/mol. The molecule has 3 N–H and O–H groups in total. The van der Waals surface area contributed by atoms with E-state index in [9.17, 15) is 9.59 Å². The number of amides is 2. The Morgan fingerprint density at radius 2 is 1.46 bits per heavy atom. The van der Waals surface area contributed by atoms with Crippen molar-refractivity contribution in [3.8, 4) is 0 Å². The summed E-state index contributed by atoms with van der Waals surface area (Å²) in [4.78, 5) is 32.0. The van der Waals surface area contributed by atoms with Crippen LogP contribution < -0.4 is 16.0 Å². The lowest BCUT2D eigenvalue weighted by Gasteiger charge is -2.09. The Morgan fingerprint density at radius 3 is 2.11 bits per heavy atom. The highest BCUT2D eigenvalue weighted by Crippen LogP contribution is 2.18. The van der Waals surface area contributed by atoms with Gasteiger partial charge in [0.1, 0.15) is 5.69 Å². The van der Waals surface area contributed by atoms with Crippen LogP contribution in [0.1, 0.15) is 28.5 Å². The molecule has 0 aliphatic carbocycles. The highest BCUT2D eigenvalue weighted by atomic mass is 16.2. The van der Waals surface area contributed by atoms with Crippen LogP contribution in [0.15, 0.2) is 54.7 Å². The largest absolute Gasteiger partial charge is 0.326 e. The van der Waals surface area contributed by atoms with Crippen molar-refractivity contribution in [1.82, 2.24) is 9.97 Å². The molecule has 0 radical (unpaired) electrons. The summed E-state index contributed by atoms with van der Waals surface area (Å²) in [6.45, 7) is 5.51. The van der Waals surface area contributed by atoms with Gasteiger partial charge in [-0.3, -0.25) is 9.59 Å². The van der Waals surface area contributed by atoms with Gasteiger partial charge < -0.3 is 16.0 Å². The quantitative estimate of drug-likeness (QED) is 0.625. The summed E-state index contributed by atoms with van der Waals surface area (Å²) in [5.41, 5.74) is 4.71. The summed E-state index contributed by atoms with van der Waals surface area (Å²) in [5, 5.41) is 8.57. The molecule has 0 saturated carbocycles. The predicted octanol–water partition coefficient (Wildman–Crippen LogP) is 4.05. The van der Waals surface area contributed by atoms with Gasteiger partial charge in [-0.2, -0.15) is 0 Å². The molecule has 1 heterocycles. The molecule has 1 aromatic heterocycles. The molecule has 28 heavy (non-hydrogen) atoms. The van der Waals surface area contributed by atoms with E-state index >= 15 is 0 Å². The van der Waals surface area contributed by atoms with Crippen LogP contribution in [-0.2, 0) is 4.79 Å². The first-order valence-electron chi connectivity index (χ1n) is 8.77. The van der Waals surface area contributed by atoms with Crippen LogP contribution in [0.3, 0.4) is 0 Å². The van der Waals surface area contributed by atoms with Gasteiger partial charge >= 0.3 is 0 Å². The lowest BCUT2D eigenvalue weighted by Crippen LogP contribution is -2.15. The van der Waals surface area contributed by atoms with Crippen molar-refractivity contribution in [3.05, 3.63) is 71.5 Å². The van der Waals surface area contributed by atoms with E-state index in [4.69, 9.17) is 0 Å². The molecule has 2 aromatic carbocycles. The van der Waals surface area contributed by atoms with Gasteiger partial charge in [-0.1, -0.05) is 6.07 Å². The fraction of sp³-hybridized carbons (Fsp3) is 0.143. The maximum Gasteiger partial charge on any atom is 0.274 e. The smallest absolute Gasteiger partial charge is 0.274 e. The van der Waals surface area contributed by atoms with Crippen molar-refractivity contribution >= 4 is 34.8 Å². The third-order valence-corrected chi connectivity index (χ3v) is 4.11. The van der Waals surface area contributed by atoms with Gasteiger partial charge in [0.15, 0.2) is 0 Å². The number of rotatable bonds is 5. The number of hydrogen-bond acceptors (Lipinski definition) is 5. The Balaban J connectivity index is 1.69. The molecule has 0 saturated heterocycles. The van der Waals surface area contributed by atoms with Crippen LogP contribution in [-0.4, -0.2) is 21.8 Å². The average Bonchev–Trinajstić information content (AvgIpc) is 2.66. The van der Waals surface area contributed by atoms with Crippen LogP contribution in [0.4, 0.5) is 23.0 Å². The second-order valence-corrected chi connectivity index (χ2v) is 6.40. The van der Waals surface area contributed by atoms with E-state index in [2.05, 4.69) is 25.9 Å². The summed E-state index contributed by atoms with van der Waals surface area (Å²) in [7, 11) is 0. The van der Waals surface area contributed by atoms with Gasteiger partial charge in [0.2, 0.25) is 11.9 Å². The van der Waals surface area contributed by atoms with Gasteiger partial charge in [-0.25, -0.2) is 9.97 Å². The van der Waals surface area contributed by atoms with Gasteiger partial charge in [0.25, 0.3) is 5.91 Å². The Labute approximate surface area is 163 Å². The summed E-state index contributed by atoms with van der Waals surface area (Å²) in [6.07, 6.45) is 1.53. The van der Waals surface area contributed by atoms with E-state index in [-0.39, 0.29) is 17.5 Å². The van der Waals surface area contributed by atoms with E-state index in [1.54, 1.807) is 30.3 Å². The molecule has 0 spiro atoms. The van der Waals surface area contributed by atoms with E-state index in [1.807, 2.05) is 32.0 Å². The molecule has 7 nitrogen and oxygen atoms in total. The molecule has 3 aromatic rings. The normalized spacial score (nSPS) is 10.2. The standard InChI is InChI=1S/C21H21N5O2/c1-13-4-5-18(12-14(13)2)25-21-22-11-10-19(26-21)20(28)24-17-8-6-16(7-9-17)23-15(3)27/h4-12H,1-3H3,(H,23,27)(H,24,28)(H,22,25,26). The molecule has 0 unspecified atom stereocenters. The Bertz CT molecular complexity index is 1020. The maximum atomic E-state index is 12.5. The van der Waals surface area contributed by atoms with Crippen LogP contribution in [0.2, 0.25) is 0 Å². The number of nitrogens with zero attached hydrogens (tertiary/aromatic N) is 2. The molecular weight excluding hydrogens is 354 g/mol. The molecule has 0 aliphatic rings. The van der Waals surface area contributed by atoms with Crippen molar-refractivity contribution in [1.29, 1.82) is 0 Å². The Hall–Kier alpha value is -3.74. The topological polar surface area (TPSA) is 96.0 Å². The number of benzene rings is 2. The molecule has 142 valence electrons. The fourth-order valence-corrected chi connectivity index (χ4v) is 2.53. The highest BCUT2D eigenvalue weighted by molar-refractivity contribution is 6.03. The van der Waals surface area contributed by atoms with Gasteiger partial charge in [0.05, 0.1) is 0 Å². The number of aryl methyl sites for hydroxylation is 2. The van der Waals surface area contributed by atoms with Crippen LogP contribution in [0.25, 0.3) is 0 Å². The second kappa shape index (κ2) is 8.30. The van der Waals surface area contributed by atoms with Crippen LogP contribution in [0, 0.1) is 13.8 Å². The third-order valence-electron chi connectivity index (χ3n) is 4.11. The van der Waals surface area contributed by atoms with Crippen LogP contribution in [0.5, 0.6) is 0 Å². The summed E-state index contributed by atoms with van der Waals surface area (Å²) in [5.74, 6) is -0.156. The van der Waals surface area contributed by atoms with Gasteiger partial charge in [-0.15, -0.1) is 0 Å². The number of anilines is 4. The molecule has 0 fully saturated rings. The van der Waals surface area contributed by atoms with E-state index in [0.717, 1.165) is 11.3 Å². The van der Waals surface area contributed by atoms with Crippen molar-refractivity contribution in [2.45, 2.75) is 20.8 Å². The van der Waals surface area contributed by atoms with Gasteiger partial charge in [-0.05, 0) is 67.4 Å². The monoisotopic (exact) mass is 375 g/mol. The Kier molecular flexibility index (Phi) is 5.64. The minimum atomic E-state index is -0.349. The Morgan fingerprint density at radius 1 is 0.821 bits per heavy atom.